The van der Waals surface area contributed by atoms with Crippen LogP contribution in [0.15, 0.2) is 53.7 Å². The Balaban J connectivity index is 2.47. The zero-order valence-electron chi connectivity index (χ0n) is 12.8. The number of fused-ring (bicyclic) bond motifs is 1. The third-order valence-electron chi connectivity index (χ3n) is 3.40. The minimum atomic E-state index is -0.690. The molecule has 1 aromatic carbocycles. The molecule has 0 N–H and O–H groups in total. The molecule has 114 valence electrons. The Morgan fingerprint density at radius 3 is 2.23 bits per heavy atom. The van der Waals surface area contributed by atoms with E-state index in [0.717, 1.165) is 10.9 Å². The lowest BCUT2D eigenvalue weighted by molar-refractivity contribution is -0.663. The fraction of sp³-hybridized carbons (Fsp3) is 0.235. The summed E-state index contributed by atoms with van der Waals surface area (Å²) in [6.07, 6.45) is 1.90. The molecule has 0 aliphatic carbocycles. The number of pyridine rings is 1. The van der Waals surface area contributed by atoms with Gasteiger partial charge < -0.3 is 9.47 Å². The quantitative estimate of drug-likeness (QED) is 0.284. The predicted molar refractivity (Wildman–Crippen MR) is 80.9 cm³/mol. The number of ether oxygens (including phenoxy) is 2. The molecule has 0 saturated carbocycles. The minimum Gasteiger partial charge on any atom is -0.465 e. The molecule has 0 unspecified atom stereocenters. The average molecular weight is 300 g/mol. The van der Waals surface area contributed by atoms with Crippen LogP contribution in [0.2, 0.25) is 0 Å². The summed E-state index contributed by atoms with van der Waals surface area (Å²) in [5, 5.41) is 1.08. The van der Waals surface area contributed by atoms with Gasteiger partial charge in [0.25, 0.3) is 0 Å². The van der Waals surface area contributed by atoms with Crippen LogP contribution in [0.25, 0.3) is 10.9 Å². The van der Waals surface area contributed by atoms with Crippen LogP contribution in [0.4, 0.5) is 0 Å². The molecule has 22 heavy (non-hydrogen) atoms. The summed E-state index contributed by atoms with van der Waals surface area (Å²) in [4.78, 5) is 23.6. The van der Waals surface area contributed by atoms with Gasteiger partial charge in [-0.2, -0.15) is 4.57 Å². The third kappa shape index (κ3) is 3.14. The first-order valence-corrected chi connectivity index (χ1v) is 6.82. The fourth-order valence-corrected chi connectivity index (χ4v) is 2.33. The highest BCUT2D eigenvalue weighted by Gasteiger charge is 2.25. The summed E-state index contributed by atoms with van der Waals surface area (Å²) in [5.74, 6) is -1.38. The van der Waals surface area contributed by atoms with Crippen molar-refractivity contribution in [2.24, 2.45) is 0 Å². The number of carbonyl (C=O) groups is 2. The number of para-hydroxylation sites is 1. The first kappa shape index (κ1) is 15.7. The highest BCUT2D eigenvalue weighted by atomic mass is 16.5. The Morgan fingerprint density at radius 1 is 1.00 bits per heavy atom. The molecule has 1 heterocycles. The standard InChI is InChI=1S/C17H18NO4/c1-12(15(16(19)21-2)17(20)22-3)11-18-10-6-8-13-7-4-5-9-14(13)18/h4-10H,11H2,1-3H3/q+1. The number of aromatic nitrogens is 1. The zero-order valence-corrected chi connectivity index (χ0v) is 12.8. The molecule has 1 aromatic heterocycles. The Labute approximate surface area is 128 Å². The van der Waals surface area contributed by atoms with E-state index in [1.165, 1.54) is 14.2 Å². The zero-order chi connectivity index (χ0) is 16.1. The lowest BCUT2D eigenvalue weighted by atomic mass is 10.1. The largest absolute Gasteiger partial charge is 0.465 e. The van der Waals surface area contributed by atoms with Gasteiger partial charge in [-0.05, 0) is 19.1 Å². The maximum absolute atomic E-state index is 11.8. The molecule has 0 bridgehead atoms. The molecule has 5 heteroatoms. The second-order valence-corrected chi connectivity index (χ2v) is 4.83. The summed E-state index contributed by atoms with van der Waals surface area (Å²) < 4.78 is 11.3. The van der Waals surface area contributed by atoms with Gasteiger partial charge >= 0.3 is 11.9 Å². The van der Waals surface area contributed by atoms with Crippen LogP contribution < -0.4 is 4.57 Å². The summed E-state index contributed by atoms with van der Waals surface area (Å²) in [7, 11) is 2.48. The van der Waals surface area contributed by atoms with E-state index in [1.54, 1.807) is 6.92 Å². The third-order valence-corrected chi connectivity index (χ3v) is 3.40. The highest BCUT2D eigenvalue weighted by Crippen LogP contribution is 2.12. The van der Waals surface area contributed by atoms with E-state index in [2.05, 4.69) is 9.47 Å². The minimum absolute atomic E-state index is 0.0644. The molecular weight excluding hydrogens is 282 g/mol. The first-order valence-electron chi connectivity index (χ1n) is 6.82. The maximum atomic E-state index is 11.8. The van der Waals surface area contributed by atoms with Gasteiger partial charge in [-0.3, -0.25) is 0 Å². The lowest BCUT2D eigenvalue weighted by Gasteiger charge is -2.07. The van der Waals surface area contributed by atoms with Gasteiger partial charge in [0.1, 0.15) is 5.57 Å². The van der Waals surface area contributed by atoms with Crippen molar-refractivity contribution in [2.75, 3.05) is 14.2 Å². The number of rotatable bonds is 4. The van der Waals surface area contributed by atoms with E-state index in [0.29, 0.717) is 12.1 Å². The summed E-state index contributed by atoms with van der Waals surface area (Å²) in [6.45, 7) is 2.11. The van der Waals surface area contributed by atoms with Crippen molar-refractivity contribution in [3.8, 4) is 0 Å². The normalized spacial score (nSPS) is 10.1. The smallest absolute Gasteiger partial charge is 0.345 e. The molecule has 5 nitrogen and oxygen atoms in total. The van der Waals surface area contributed by atoms with Crippen molar-refractivity contribution in [3.05, 3.63) is 53.7 Å². The SMILES string of the molecule is COC(=O)C(C(=O)OC)=C(C)C[n+]1cccc2ccccc21. The van der Waals surface area contributed by atoms with Crippen molar-refractivity contribution in [1.29, 1.82) is 0 Å². The van der Waals surface area contributed by atoms with E-state index in [9.17, 15) is 9.59 Å². The Kier molecular flexibility index (Phi) is 4.88. The second-order valence-electron chi connectivity index (χ2n) is 4.83. The summed E-state index contributed by atoms with van der Waals surface area (Å²) in [5.41, 5.74) is 1.53. The van der Waals surface area contributed by atoms with Crippen LogP contribution in [0.5, 0.6) is 0 Å². The van der Waals surface area contributed by atoms with Crippen molar-refractivity contribution >= 4 is 22.8 Å². The molecule has 0 atom stereocenters. The fourth-order valence-electron chi connectivity index (χ4n) is 2.33. The van der Waals surface area contributed by atoms with Crippen molar-refractivity contribution in [1.82, 2.24) is 0 Å². The van der Waals surface area contributed by atoms with Crippen LogP contribution in [-0.2, 0) is 25.6 Å². The molecule has 0 radical (unpaired) electrons. The lowest BCUT2D eigenvalue weighted by Crippen LogP contribution is -2.36. The number of nitrogens with zero attached hydrogens (tertiary/aromatic N) is 1. The summed E-state index contributed by atoms with van der Waals surface area (Å²) >= 11 is 0. The van der Waals surface area contributed by atoms with E-state index in [4.69, 9.17) is 0 Å². The summed E-state index contributed by atoms with van der Waals surface area (Å²) in [6, 6.07) is 11.8. The molecular formula is C17H18NO4+. The van der Waals surface area contributed by atoms with Crippen LogP contribution in [0.3, 0.4) is 0 Å². The number of methoxy groups -OCH3 is 2. The van der Waals surface area contributed by atoms with Gasteiger partial charge in [0.15, 0.2) is 12.7 Å². The van der Waals surface area contributed by atoms with Crippen molar-refractivity contribution < 1.29 is 23.6 Å². The number of benzene rings is 1. The Bertz CT molecular complexity index is 726. The number of hydrogen-bond acceptors (Lipinski definition) is 4. The highest BCUT2D eigenvalue weighted by molar-refractivity contribution is 6.14. The number of allylic oxidation sites excluding steroid dienone is 1. The molecule has 0 aliphatic heterocycles. The molecule has 0 spiro atoms. The Morgan fingerprint density at radius 2 is 1.59 bits per heavy atom. The van der Waals surface area contributed by atoms with Crippen LogP contribution >= 0.6 is 0 Å². The molecule has 2 aromatic rings. The van der Waals surface area contributed by atoms with Crippen LogP contribution in [0.1, 0.15) is 6.92 Å². The maximum Gasteiger partial charge on any atom is 0.345 e. The van der Waals surface area contributed by atoms with Gasteiger partial charge in [0.2, 0.25) is 5.52 Å². The molecule has 0 fully saturated rings. The van der Waals surface area contributed by atoms with Crippen molar-refractivity contribution in [2.45, 2.75) is 13.5 Å². The van der Waals surface area contributed by atoms with Gasteiger partial charge in [0.05, 0.1) is 14.2 Å². The van der Waals surface area contributed by atoms with Gasteiger partial charge in [-0.1, -0.05) is 12.1 Å². The van der Waals surface area contributed by atoms with E-state index < -0.39 is 11.9 Å². The molecule has 0 aliphatic rings. The topological polar surface area (TPSA) is 56.5 Å². The second kappa shape index (κ2) is 6.85. The molecule has 0 saturated heterocycles. The molecule has 2 rings (SSSR count). The van der Waals surface area contributed by atoms with Crippen LogP contribution in [0, 0.1) is 0 Å². The average Bonchev–Trinajstić information content (AvgIpc) is 2.55. The molecule has 0 amide bonds. The van der Waals surface area contributed by atoms with E-state index in [-0.39, 0.29) is 5.57 Å². The van der Waals surface area contributed by atoms with Crippen LogP contribution in [-0.4, -0.2) is 26.2 Å². The van der Waals surface area contributed by atoms with Gasteiger partial charge in [-0.15, -0.1) is 0 Å². The number of carbonyl (C=O) groups excluding carboxylic acids is 2. The number of hydrogen-bond donors (Lipinski definition) is 0. The number of esters is 2. The van der Waals surface area contributed by atoms with Gasteiger partial charge in [-0.25, -0.2) is 9.59 Å². The Hall–Kier alpha value is -2.69. The van der Waals surface area contributed by atoms with E-state index in [1.807, 2.05) is 47.2 Å². The first-order chi connectivity index (χ1) is 10.6. The van der Waals surface area contributed by atoms with Crippen molar-refractivity contribution in [3.63, 3.8) is 0 Å². The predicted octanol–water partition coefficient (Wildman–Crippen LogP) is 1.79. The monoisotopic (exact) mass is 300 g/mol. The van der Waals surface area contributed by atoms with E-state index >= 15 is 0 Å². The van der Waals surface area contributed by atoms with Gasteiger partial charge in [0, 0.05) is 23.1 Å².